The van der Waals surface area contributed by atoms with Gasteiger partial charge in [-0.2, -0.15) is 26.3 Å². The first-order chi connectivity index (χ1) is 11.6. The first kappa shape index (κ1) is 17.1. The van der Waals surface area contributed by atoms with Gasteiger partial charge < -0.3 is 4.98 Å². The molecule has 25 heavy (non-hydrogen) atoms. The maximum atomic E-state index is 12.6. The minimum Gasteiger partial charge on any atom is -0.338 e. The Morgan fingerprint density at radius 3 is 1.52 bits per heavy atom. The van der Waals surface area contributed by atoms with Gasteiger partial charge in [0.05, 0.1) is 23.0 Å². The van der Waals surface area contributed by atoms with Gasteiger partial charge in [-0.3, -0.25) is 0 Å². The van der Waals surface area contributed by atoms with Crippen molar-refractivity contribution in [2.75, 3.05) is 0 Å². The summed E-state index contributed by atoms with van der Waals surface area (Å²) in [4.78, 5) is 6.96. The third kappa shape index (κ3) is 3.67. The number of hydrogen-bond donors (Lipinski definition) is 1. The summed E-state index contributed by atoms with van der Waals surface area (Å²) in [6, 6.07) is 8.93. The van der Waals surface area contributed by atoms with Crippen molar-refractivity contribution < 1.29 is 26.3 Å². The molecule has 8 heteroatoms. The van der Waals surface area contributed by atoms with Crippen LogP contribution in [0.4, 0.5) is 26.3 Å². The number of H-pyrrole nitrogens is 1. The van der Waals surface area contributed by atoms with E-state index in [4.69, 9.17) is 0 Å². The van der Waals surface area contributed by atoms with Gasteiger partial charge in [0, 0.05) is 5.56 Å². The summed E-state index contributed by atoms with van der Waals surface area (Å²) in [5.41, 5.74) is -0.155. The van der Waals surface area contributed by atoms with Crippen LogP contribution >= 0.6 is 0 Å². The van der Waals surface area contributed by atoms with Crippen molar-refractivity contribution >= 4 is 0 Å². The summed E-state index contributed by atoms with van der Waals surface area (Å²) in [6.07, 6.45) is -7.43. The third-order valence-corrected chi connectivity index (χ3v) is 3.58. The topological polar surface area (TPSA) is 28.7 Å². The van der Waals surface area contributed by atoms with E-state index in [0.29, 0.717) is 22.6 Å². The van der Waals surface area contributed by atoms with E-state index in [1.807, 2.05) is 0 Å². The molecule has 2 aromatic carbocycles. The number of halogens is 6. The Bertz CT molecular complexity index is 786. The molecule has 0 aliphatic carbocycles. The van der Waals surface area contributed by atoms with E-state index in [1.54, 1.807) is 0 Å². The van der Waals surface area contributed by atoms with Gasteiger partial charge in [-0.15, -0.1) is 0 Å². The molecular weight excluding hydrogens is 346 g/mol. The molecule has 1 aromatic heterocycles. The second kappa shape index (κ2) is 5.94. The second-order valence-electron chi connectivity index (χ2n) is 5.30. The summed E-state index contributed by atoms with van der Waals surface area (Å²) >= 11 is 0. The second-order valence-corrected chi connectivity index (χ2v) is 5.30. The van der Waals surface area contributed by atoms with Gasteiger partial charge >= 0.3 is 12.4 Å². The number of alkyl halides is 6. The lowest BCUT2D eigenvalue weighted by molar-refractivity contribution is -0.138. The maximum Gasteiger partial charge on any atom is 0.416 e. The minimum absolute atomic E-state index is 0.323. The zero-order valence-corrected chi connectivity index (χ0v) is 12.4. The van der Waals surface area contributed by atoms with E-state index in [-0.39, 0.29) is 0 Å². The number of hydrogen-bond acceptors (Lipinski definition) is 1. The van der Waals surface area contributed by atoms with Crippen LogP contribution in [0.5, 0.6) is 0 Å². The number of nitrogens with one attached hydrogen (secondary N) is 1. The molecule has 3 aromatic rings. The molecule has 0 amide bonds. The van der Waals surface area contributed by atoms with Crippen molar-refractivity contribution in [1.82, 2.24) is 9.97 Å². The number of nitrogens with zero attached hydrogens (tertiary/aromatic N) is 1. The van der Waals surface area contributed by atoms with Crippen LogP contribution in [0.15, 0.2) is 54.7 Å². The van der Waals surface area contributed by atoms with Gasteiger partial charge in [-0.05, 0) is 29.8 Å². The highest BCUT2D eigenvalue weighted by Crippen LogP contribution is 2.32. The highest BCUT2D eigenvalue weighted by molar-refractivity contribution is 5.64. The Labute approximate surface area is 138 Å². The van der Waals surface area contributed by atoms with Gasteiger partial charge in [0.15, 0.2) is 0 Å². The predicted molar refractivity (Wildman–Crippen MR) is 79.5 cm³/mol. The van der Waals surface area contributed by atoms with Crippen molar-refractivity contribution in [1.29, 1.82) is 0 Å². The number of benzene rings is 2. The molecule has 0 unspecified atom stereocenters. The van der Waals surface area contributed by atoms with Gasteiger partial charge in [-0.25, -0.2) is 4.98 Å². The average Bonchev–Trinajstić information content (AvgIpc) is 3.03. The number of aromatic amines is 1. The van der Waals surface area contributed by atoms with Crippen LogP contribution in [-0.2, 0) is 12.4 Å². The number of aromatic nitrogens is 2. The maximum absolute atomic E-state index is 12.6. The van der Waals surface area contributed by atoms with Crippen molar-refractivity contribution in [2.24, 2.45) is 0 Å². The molecule has 0 spiro atoms. The summed E-state index contributed by atoms with van der Waals surface area (Å²) < 4.78 is 75.4. The summed E-state index contributed by atoms with van der Waals surface area (Å²) in [6.45, 7) is 0. The van der Waals surface area contributed by atoms with Crippen LogP contribution < -0.4 is 0 Å². The molecular formula is C17H10F6N2. The van der Waals surface area contributed by atoms with Gasteiger partial charge in [0.2, 0.25) is 0 Å². The number of imidazole rings is 1. The van der Waals surface area contributed by atoms with Crippen molar-refractivity contribution in [3.63, 3.8) is 0 Å². The lowest BCUT2D eigenvalue weighted by Gasteiger charge is -2.07. The molecule has 0 radical (unpaired) electrons. The van der Waals surface area contributed by atoms with E-state index < -0.39 is 23.5 Å². The molecule has 0 saturated carbocycles. The van der Waals surface area contributed by atoms with Crippen LogP contribution in [-0.4, -0.2) is 9.97 Å². The monoisotopic (exact) mass is 356 g/mol. The Hall–Kier alpha value is -2.77. The van der Waals surface area contributed by atoms with Crippen LogP contribution in [0.3, 0.4) is 0 Å². The first-order valence-corrected chi connectivity index (χ1v) is 7.05. The van der Waals surface area contributed by atoms with Gasteiger partial charge in [0.1, 0.15) is 5.82 Å². The summed E-state index contributed by atoms with van der Waals surface area (Å²) in [5.74, 6) is 0.323. The van der Waals surface area contributed by atoms with Crippen molar-refractivity contribution in [3.05, 3.63) is 65.9 Å². The van der Waals surface area contributed by atoms with Crippen molar-refractivity contribution in [2.45, 2.75) is 12.4 Å². The fourth-order valence-electron chi connectivity index (χ4n) is 2.27. The Morgan fingerprint density at radius 2 is 1.08 bits per heavy atom. The zero-order chi connectivity index (χ0) is 18.2. The van der Waals surface area contributed by atoms with Gasteiger partial charge in [-0.1, -0.05) is 24.3 Å². The van der Waals surface area contributed by atoms with Crippen LogP contribution in [0, 0.1) is 0 Å². The average molecular weight is 356 g/mol. The Kier molecular flexibility index (Phi) is 4.06. The molecule has 1 N–H and O–H groups in total. The van der Waals surface area contributed by atoms with Crippen LogP contribution in [0.25, 0.3) is 22.6 Å². The van der Waals surface area contributed by atoms with Crippen LogP contribution in [0.1, 0.15) is 11.1 Å². The molecule has 0 aliphatic heterocycles. The first-order valence-electron chi connectivity index (χ1n) is 7.05. The lowest BCUT2D eigenvalue weighted by Crippen LogP contribution is -2.04. The van der Waals surface area contributed by atoms with E-state index in [9.17, 15) is 26.3 Å². The Balaban J connectivity index is 1.85. The molecule has 2 nitrogen and oxygen atoms in total. The van der Waals surface area contributed by atoms with E-state index in [1.165, 1.54) is 30.5 Å². The molecule has 1 heterocycles. The van der Waals surface area contributed by atoms with Gasteiger partial charge in [0.25, 0.3) is 0 Å². The number of rotatable bonds is 2. The molecule has 130 valence electrons. The van der Waals surface area contributed by atoms with E-state index >= 15 is 0 Å². The van der Waals surface area contributed by atoms with E-state index in [0.717, 1.165) is 24.3 Å². The molecule has 0 saturated heterocycles. The molecule has 0 bridgehead atoms. The quantitative estimate of drug-likeness (QED) is 0.579. The zero-order valence-electron chi connectivity index (χ0n) is 12.4. The summed E-state index contributed by atoms with van der Waals surface area (Å²) in [5, 5.41) is 0. The standard InChI is InChI=1S/C17H10F6N2/c18-16(19,20)12-5-1-10(2-6-12)14-9-24-15(25-14)11-3-7-13(8-4-11)17(21,22)23/h1-9H,(H,24,25). The highest BCUT2D eigenvalue weighted by Gasteiger charge is 2.30. The minimum atomic E-state index is -4.42. The fourth-order valence-corrected chi connectivity index (χ4v) is 2.27. The lowest BCUT2D eigenvalue weighted by atomic mass is 10.1. The SMILES string of the molecule is FC(F)(F)c1ccc(-c2cnc(-c3ccc(C(F)(F)F)cc3)[nH]2)cc1. The van der Waals surface area contributed by atoms with Crippen LogP contribution in [0.2, 0.25) is 0 Å². The predicted octanol–water partition coefficient (Wildman–Crippen LogP) is 5.78. The molecule has 0 fully saturated rings. The molecule has 0 atom stereocenters. The molecule has 3 rings (SSSR count). The van der Waals surface area contributed by atoms with E-state index in [2.05, 4.69) is 9.97 Å². The highest BCUT2D eigenvalue weighted by atomic mass is 19.4. The normalized spacial score (nSPS) is 12.4. The largest absolute Gasteiger partial charge is 0.416 e. The van der Waals surface area contributed by atoms with Crippen molar-refractivity contribution in [3.8, 4) is 22.6 Å². The molecule has 0 aliphatic rings. The summed E-state index contributed by atoms with van der Waals surface area (Å²) in [7, 11) is 0. The fraction of sp³-hybridized carbons (Fsp3) is 0.118. The third-order valence-electron chi connectivity index (χ3n) is 3.58. The smallest absolute Gasteiger partial charge is 0.338 e. The Morgan fingerprint density at radius 1 is 0.640 bits per heavy atom.